The van der Waals surface area contributed by atoms with Crippen LogP contribution in [0.4, 0.5) is 20.6 Å². The van der Waals surface area contributed by atoms with E-state index in [1.165, 1.54) is 29.0 Å². The van der Waals surface area contributed by atoms with E-state index in [2.05, 4.69) is 10.6 Å². The van der Waals surface area contributed by atoms with Crippen LogP contribution in [0.2, 0.25) is 5.02 Å². The second kappa shape index (κ2) is 8.71. The lowest BCUT2D eigenvalue weighted by Crippen LogP contribution is -2.28. The van der Waals surface area contributed by atoms with E-state index in [0.29, 0.717) is 5.69 Å². The van der Waals surface area contributed by atoms with E-state index in [4.69, 9.17) is 11.6 Å². The average Bonchev–Trinajstić information content (AvgIpc) is 2.67. The van der Waals surface area contributed by atoms with Crippen molar-refractivity contribution in [3.05, 3.63) is 93.1 Å². The molecule has 0 fully saturated rings. The molecule has 0 atom stereocenters. The number of halogens is 2. The first-order chi connectivity index (χ1) is 13.5. The maximum atomic E-state index is 14.0. The molecule has 3 rings (SSSR count). The fourth-order valence-electron chi connectivity index (χ4n) is 2.76. The summed E-state index contributed by atoms with van der Waals surface area (Å²) >= 11 is 6.04. The summed E-state index contributed by atoms with van der Waals surface area (Å²) in [6.07, 6.45) is 2.36. The van der Waals surface area contributed by atoms with Crippen LogP contribution >= 0.6 is 11.6 Å². The standard InChI is InChI=1S/C21H19ClFN3O2/c1-2-14-6-3-7-15(12-14)24-21(28)25-19-10-5-11-26(20(19)27)13-16-17(22)8-4-9-18(16)23/h3-12H,2,13H2,1H3,(H2,24,25,28). The van der Waals surface area contributed by atoms with Crippen molar-refractivity contribution in [3.8, 4) is 0 Å². The fourth-order valence-corrected chi connectivity index (χ4v) is 2.99. The highest BCUT2D eigenvalue weighted by Crippen LogP contribution is 2.19. The van der Waals surface area contributed by atoms with Gasteiger partial charge in [-0.3, -0.25) is 4.79 Å². The number of aromatic nitrogens is 1. The topological polar surface area (TPSA) is 63.1 Å². The van der Waals surface area contributed by atoms with Crippen LogP contribution < -0.4 is 16.2 Å². The SMILES string of the molecule is CCc1cccc(NC(=O)Nc2cccn(Cc3c(F)cccc3Cl)c2=O)c1. The molecular weight excluding hydrogens is 381 g/mol. The van der Waals surface area contributed by atoms with Crippen LogP contribution in [0.25, 0.3) is 0 Å². The van der Waals surface area contributed by atoms with Gasteiger partial charge >= 0.3 is 6.03 Å². The first-order valence-electron chi connectivity index (χ1n) is 8.77. The second-order valence-corrected chi connectivity index (χ2v) is 6.60. The number of aryl methyl sites for hydroxylation is 1. The number of nitrogens with zero attached hydrogens (tertiary/aromatic N) is 1. The van der Waals surface area contributed by atoms with E-state index < -0.39 is 17.4 Å². The van der Waals surface area contributed by atoms with Crippen LogP contribution in [0.1, 0.15) is 18.1 Å². The van der Waals surface area contributed by atoms with Gasteiger partial charge in [-0.1, -0.05) is 36.7 Å². The van der Waals surface area contributed by atoms with Crippen molar-refractivity contribution in [2.24, 2.45) is 0 Å². The Labute approximate surface area is 166 Å². The molecule has 0 bridgehead atoms. The summed E-state index contributed by atoms with van der Waals surface area (Å²) in [5.41, 5.74) is 1.55. The highest BCUT2D eigenvalue weighted by molar-refractivity contribution is 6.31. The number of pyridine rings is 1. The Morgan fingerprint density at radius 2 is 1.89 bits per heavy atom. The maximum Gasteiger partial charge on any atom is 0.323 e. The molecule has 2 N–H and O–H groups in total. The third kappa shape index (κ3) is 4.58. The summed E-state index contributed by atoms with van der Waals surface area (Å²) in [4.78, 5) is 24.9. The van der Waals surface area contributed by atoms with Gasteiger partial charge in [0.1, 0.15) is 11.5 Å². The zero-order valence-electron chi connectivity index (χ0n) is 15.2. The van der Waals surface area contributed by atoms with E-state index in [0.717, 1.165) is 12.0 Å². The third-order valence-electron chi connectivity index (χ3n) is 4.25. The van der Waals surface area contributed by atoms with Crippen molar-refractivity contribution < 1.29 is 9.18 Å². The van der Waals surface area contributed by atoms with Gasteiger partial charge in [0.05, 0.1) is 6.54 Å². The normalized spacial score (nSPS) is 10.5. The van der Waals surface area contributed by atoms with E-state index in [1.807, 2.05) is 25.1 Å². The number of rotatable bonds is 5. The molecular formula is C21H19ClFN3O2. The summed E-state index contributed by atoms with van der Waals surface area (Å²) < 4.78 is 15.3. The second-order valence-electron chi connectivity index (χ2n) is 6.19. The molecule has 144 valence electrons. The summed E-state index contributed by atoms with van der Waals surface area (Å²) in [6.45, 7) is 1.98. The number of nitrogens with one attached hydrogen (secondary N) is 2. The fraction of sp³-hybridized carbons (Fsp3) is 0.143. The van der Waals surface area contributed by atoms with Gasteiger partial charge in [0.15, 0.2) is 0 Å². The summed E-state index contributed by atoms with van der Waals surface area (Å²) in [6, 6.07) is 14.3. The molecule has 1 heterocycles. The van der Waals surface area contributed by atoms with E-state index >= 15 is 0 Å². The van der Waals surface area contributed by atoms with E-state index in [9.17, 15) is 14.0 Å². The highest BCUT2D eigenvalue weighted by Gasteiger charge is 2.12. The Morgan fingerprint density at radius 3 is 2.64 bits per heavy atom. The van der Waals surface area contributed by atoms with Gasteiger partial charge in [-0.2, -0.15) is 0 Å². The van der Waals surface area contributed by atoms with Gasteiger partial charge in [0.25, 0.3) is 5.56 Å². The number of amides is 2. The Kier molecular flexibility index (Phi) is 6.11. The molecule has 2 amide bonds. The van der Waals surface area contributed by atoms with Crippen LogP contribution in [-0.2, 0) is 13.0 Å². The Balaban J connectivity index is 1.77. The lowest BCUT2D eigenvalue weighted by molar-refractivity contribution is 0.262. The van der Waals surface area contributed by atoms with Crippen molar-refractivity contribution in [1.82, 2.24) is 4.57 Å². The summed E-state index contributed by atoms with van der Waals surface area (Å²) in [5, 5.41) is 5.48. The van der Waals surface area contributed by atoms with E-state index in [-0.39, 0.29) is 22.8 Å². The molecule has 0 aliphatic heterocycles. The van der Waals surface area contributed by atoms with E-state index in [1.54, 1.807) is 18.2 Å². The predicted molar refractivity (Wildman–Crippen MR) is 110 cm³/mol. The van der Waals surface area contributed by atoms with Crippen molar-refractivity contribution in [2.45, 2.75) is 19.9 Å². The predicted octanol–water partition coefficient (Wildman–Crippen LogP) is 4.90. The summed E-state index contributed by atoms with van der Waals surface area (Å²) in [7, 11) is 0. The van der Waals surface area contributed by atoms with Crippen molar-refractivity contribution in [2.75, 3.05) is 10.6 Å². The maximum absolute atomic E-state index is 14.0. The number of carbonyl (C=O) groups excluding carboxylic acids is 1. The van der Waals surface area contributed by atoms with Crippen LogP contribution in [0, 0.1) is 5.82 Å². The molecule has 0 aliphatic rings. The van der Waals surface area contributed by atoms with Gasteiger partial charge in [-0.05, 0) is 48.4 Å². The van der Waals surface area contributed by atoms with Crippen LogP contribution in [-0.4, -0.2) is 10.6 Å². The van der Waals surface area contributed by atoms with Crippen LogP contribution in [0.15, 0.2) is 65.6 Å². The molecule has 0 spiro atoms. The lowest BCUT2D eigenvalue weighted by Gasteiger charge is -2.12. The molecule has 2 aromatic carbocycles. The number of benzene rings is 2. The third-order valence-corrected chi connectivity index (χ3v) is 4.61. The monoisotopic (exact) mass is 399 g/mol. The minimum Gasteiger partial charge on any atom is -0.309 e. The Bertz CT molecular complexity index is 1050. The van der Waals surface area contributed by atoms with Gasteiger partial charge in [0, 0.05) is 22.5 Å². The average molecular weight is 400 g/mol. The van der Waals surface area contributed by atoms with Crippen molar-refractivity contribution >= 4 is 29.0 Å². The first kappa shape index (κ1) is 19.6. The lowest BCUT2D eigenvalue weighted by atomic mass is 10.1. The number of anilines is 2. The van der Waals surface area contributed by atoms with Crippen LogP contribution in [0.5, 0.6) is 0 Å². The molecule has 28 heavy (non-hydrogen) atoms. The molecule has 0 saturated heterocycles. The zero-order valence-corrected chi connectivity index (χ0v) is 16.0. The van der Waals surface area contributed by atoms with Gasteiger partial charge in [0.2, 0.25) is 0 Å². The van der Waals surface area contributed by atoms with Gasteiger partial charge < -0.3 is 15.2 Å². The van der Waals surface area contributed by atoms with Crippen LogP contribution in [0.3, 0.4) is 0 Å². The molecule has 0 saturated carbocycles. The molecule has 0 aliphatic carbocycles. The Morgan fingerprint density at radius 1 is 1.11 bits per heavy atom. The molecule has 3 aromatic rings. The zero-order chi connectivity index (χ0) is 20.1. The molecule has 7 heteroatoms. The molecule has 5 nitrogen and oxygen atoms in total. The quantitative estimate of drug-likeness (QED) is 0.641. The van der Waals surface area contributed by atoms with Crippen molar-refractivity contribution in [3.63, 3.8) is 0 Å². The van der Waals surface area contributed by atoms with Gasteiger partial charge in [-0.25, -0.2) is 9.18 Å². The summed E-state index contributed by atoms with van der Waals surface area (Å²) in [5.74, 6) is -0.494. The molecule has 0 unspecified atom stereocenters. The Hall–Kier alpha value is -3.12. The first-order valence-corrected chi connectivity index (χ1v) is 9.15. The van der Waals surface area contributed by atoms with Gasteiger partial charge in [-0.15, -0.1) is 0 Å². The smallest absolute Gasteiger partial charge is 0.309 e. The van der Waals surface area contributed by atoms with Crippen molar-refractivity contribution in [1.29, 1.82) is 0 Å². The largest absolute Gasteiger partial charge is 0.323 e. The number of carbonyl (C=O) groups is 1. The minimum absolute atomic E-state index is 0.0416. The highest BCUT2D eigenvalue weighted by atomic mass is 35.5. The molecule has 1 aromatic heterocycles. The number of hydrogen-bond acceptors (Lipinski definition) is 2. The minimum atomic E-state index is -0.535. The number of hydrogen-bond donors (Lipinski definition) is 2. The molecule has 0 radical (unpaired) electrons. The number of urea groups is 1.